The number of aromatic amines is 1. The topological polar surface area (TPSA) is 88.5 Å². The van der Waals surface area contributed by atoms with Gasteiger partial charge in [-0.1, -0.05) is 17.7 Å². The number of fused-ring (bicyclic) bond motifs is 1. The Hall–Kier alpha value is -3.48. The molecule has 2 N–H and O–H groups in total. The second-order valence-corrected chi connectivity index (χ2v) is 6.64. The highest BCUT2D eigenvalue weighted by Crippen LogP contribution is 2.26. The number of hydrogen-bond acceptors (Lipinski definition) is 4. The summed E-state index contributed by atoms with van der Waals surface area (Å²) in [4.78, 5) is 24.4. The van der Waals surface area contributed by atoms with E-state index in [9.17, 15) is 4.79 Å². The molecule has 27 heavy (non-hydrogen) atoms. The number of carbonyl (C=O) groups is 1. The van der Waals surface area contributed by atoms with Crippen molar-refractivity contribution in [2.75, 3.05) is 0 Å². The van der Waals surface area contributed by atoms with Gasteiger partial charge in [-0.05, 0) is 44.0 Å². The minimum Gasteiger partial charge on any atom is -0.350 e. The fourth-order valence-corrected chi connectivity index (χ4v) is 3.37. The number of benzene rings is 1. The number of carbonyl (C=O) groups excluding carboxylic acids is 1. The normalized spacial score (nSPS) is 11.1. The van der Waals surface area contributed by atoms with E-state index >= 15 is 0 Å². The van der Waals surface area contributed by atoms with E-state index in [0.717, 1.165) is 27.6 Å². The highest BCUT2D eigenvalue weighted by molar-refractivity contribution is 6.01. The Morgan fingerprint density at radius 3 is 2.89 bits per heavy atom. The van der Waals surface area contributed by atoms with E-state index in [4.69, 9.17) is 0 Å². The summed E-state index contributed by atoms with van der Waals surface area (Å²) in [7, 11) is 0. The minimum atomic E-state index is -0.144. The van der Waals surface area contributed by atoms with E-state index in [1.807, 2.05) is 26.0 Å². The van der Waals surface area contributed by atoms with E-state index in [0.29, 0.717) is 18.1 Å². The number of aromatic nitrogens is 5. The van der Waals surface area contributed by atoms with Crippen LogP contribution in [0.5, 0.6) is 0 Å². The molecule has 1 amide bonds. The number of H-pyrrole nitrogens is 1. The van der Waals surface area contributed by atoms with Crippen molar-refractivity contribution in [1.29, 1.82) is 0 Å². The van der Waals surface area contributed by atoms with Crippen molar-refractivity contribution in [1.82, 2.24) is 30.0 Å². The van der Waals surface area contributed by atoms with Gasteiger partial charge in [0, 0.05) is 29.2 Å². The zero-order chi connectivity index (χ0) is 19.0. The zero-order valence-electron chi connectivity index (χ0n) is 15.4. The third-order valence-corrected chi connectivity index (χ3v) is 4.68. The average molecular weight is 360 g/mol. The van der Waals surface area contributed by atoms with Gasteiger partial charge in [-0.25, -0.2) is 14.6 Å². The van der Waals surface area contributed by atoms with Crippen molar-refractivity contribution in [2.45, 2.75) is 27.3 Å². The summed E-state index contributed by atoms with van der Waals surface area (Å²) in [6.45, 7) is 6.42. The molecule has 0 fully saturated rings. The molecule has 0 atom stereocenters. The molecule has 136 valence electrons. The van der Waals surface area contributed by atoms with Crippen LogP contribution in [-0.4, -0.2) is 30.6 Å². The first-order chi connectivity index (χ1) is 13.0. The number of nitrogens with one attached hydrogen (secondary N) is 2. The molecule has 4 aromatic rings. The van der Waals surface area contributed by atoms with Crippen LogP contribution in [0.25, 0.3) is 16.7 Å². The molecule has 0 radical (unpaired) electrons. The number of aryl methyl sites for hydroxylation is 3. The first kappa shape index (κ1) is 17.0. The summed E-state index contributed by atoms with van der Waals surface area (Å²) in [5.41, 5.74) is 5.72. The molecule has 3 heterocycles. The van der Waals surface area contributed by atoms with Gasteiger partial charge in [0.2, 0.25) is 0 Å². The average Bonchev–Trinajstić information content (AvgIpc) is 3.29. The number of pyridine rings is 1. The predicted octanol–water partition coefficient (Wildman–Crippen LogP) is 3.00. The second kappa shape index (κ2) is 6.68. The van der Waals surface area contributed by atoms with E-state index in [1.165, 1.54) is 11.9 Å². The SMILES string of the molecule is Cc1cc(C)c2[nH]c(C(=O)NCc3cccnc3-n3cncn3)c(C)c2c1. The standard InChI is InChI=1S/C20H20N6O/c1-12-7-13(2)17-16(8-12)14(3)18(25-17)20(27)23-9-15-5-4-6-22-19(15)26-11-21-10-24-26/h4-8,10-11,25H,9H2,1-3H3,(H,23,27). The summed E-state index contributed by atoms with van der Waals surface area (Å²) in [6.07, 6.45) is 4.73. The van der Waals surface area contributed by atoms with E-state index in [2.05, 4.69) is 44.4 Å². The number of rotatable bonds is 4. The molecule has 0 bridgehead atoms. The Balaban J connectivity index is 1.60. The van der Waals surface area contributed by atoms with E-state index < -0.39 is 0 Å². The largest absolute Gasteiger partial charge is 0.350 e. The van der Waals surface area contributed by atoms with Crippen LogP contribution in [0.4, 0.5) is 0 Å². The van der Waals surface area contributed by atoms with Crippen molar-refractivity contribution in [3.63, 3.8) is 0 Å². The van der Waals surface area contributed by atoms with Gasteiger partial charge in [0.1, 0.15) is 18.3 Å². The number of hydrogen-bond donors (Lipinski definition) is 2. The van der Waals surface area contributed by atoms with Gasteiger partial charge in [-0.3, -0.25) is 4.79 Å². The molecule has 0 unspecified atom stereocenters. The number of nitrogens with zero attached hydrogens (tertiary/aromatic N) is 4. The lowest BCUT2D eigenvalue weighted by atomic mass is 10.1. The summed E-state index contributed by atoms with van der Waals surface area (Å²) < 4.78 is 1.59. The maximum atomic E-state index is 12.8. The summed E-state index contributed by atoms with van der Waals surface area (Å²) in [6, 6.07) is 7.97. The van der Waals surface area contributed by atoms with Crippen LogP contribution >= 0.6 is 0 Å². The van der Waals surface area contributed by atoms with Gasteiger partial charge in [-0.2, -0.15) is 5.10 Å². The van der Waals surface area contributed by atoms with Crippen LogP contribution in [0.1, 0.15) is 32.7 Å². The van der Waals surface area contributed by atoms with Crippen LogP contribution in [0, 0.1) is 20.8 Å². The molecule has 7 nitrogen and oxygen atoms in total. The minimum absolute atomic E-state index is 0.144. The smallest absolute Gasteiger partial charge is 0.268 e. The van der Waals surface area contributed by atoms with Crippen LogP contribution in [0.15, 0.2) is 43.1 Å². The lowest BCUT2D eigenvalue weighted by Gasteiger charge is -2.09. The van der Waals surface area contributed by atoms with Gasteiger partial charge in [-0.15, -0.1) is 0 Å². The molecule has 0 spiro atoms. The van der Waals surface area contributed by atoms with Crippen molar-refractivity contribution >= 4 is 16.8 Å². The molecule has 3 aromatic heterocycles. The monoisotopic (exact) mass is 360 g/mol. The zero-order valence-corrected chi connectivity index (χ0v) is 15.4. The molecule has 0 saturated carbocycles. The molecule has 7 heteroatoms. The molecular formula is C20H20N6O. The number of amides is 1. The van der Waals surface area contributed by atoms with Crippen LogP contribution < -0.4 is 5.32 Å². The third-order valence-electron chi connectivity index (χ3n) is 4.68. The summed E-state index contributed by atoms with van der Waals surface area (Å²) in [5.74, 6) is 0.504. The first-order valence-corrected chi connectivity index (χ1v) is 8.71. The molecule has 0 saturated heterocycles. The second-order valence-electron chi connectivity index (χ2n) is 6.64. The molecule has 0 aliphatic carbocycles. The van der Waals surface area contributed by atoms with Gasteiger partial charge in [0.15, 0.2) is 5.82 Å². The van der Waals surface area contributed by atoms with Crippen molar-refractivity contribution < 1.29 is 4.79 Å². The van der Waals surface area contributed by atoms with Gasteiger partial charge >= 0.3 is 0 Å². The molecule has 4 rings (SSSR count). The maximum absolute atomic E-state index is 12.8. The molecule has 0 aliphatic rings. The van der Waals surface area contributed by atoms with Crippen LogP contribution in [-0.2, 0) is 6.54 Å². The Labute approximate surface area is 156 Å². The Morgan fingerprint density at radius 2 is 2.11 bits per heavy atom. The maximum Gasteiger partial charge on any atom is 0.268 e. The fourth-order valence-electron chi connectivity index (χ4n) is 3.37. The Bertz CT molecular complexity index is 1130. The van der Waals surface area contributed by atoms with Crippen molar-refractivity contribution in [3.8, 4) is 5.82 Å². The molecule has 0 aliphatic heterocycles. The van der Waals surface area contributed by atoms with Crippen LogP contribution in [0.2, 0.25) is 0 Å². The first-order valence-electron chi connectivity index (χ1n) is 8.71. The summed E-state index contributed by atoms with van der Waals surface area (Å²) >= 11 is 0. The van der Waals surface area contributed by atoms with Gasteiger partial charge < -0.3 is 10.3 Å². The summed E-state index contributed by atoms with van der Waals surface area (Å²) in [5, 5.41) is 8.18. The van der Waals surface area contributed by atoms with Gasteiger partial charge in [0.25, 0.3) is 5.91 Å². The molecule has 1 aromatic carbocycles. The van der Waals surface area contributed by atoms with Crippen molar-refractivity contribution in [3.05, 3.63) is 71.1 Å². The van der Waals surface area contributed by atoms with Gasteiger partial charge in [0.05, 0.1) is 0 Å². The Morgan fingerprint density at radius 1 is 1.26 bits per heavy atom. The quantitative estimate of drug-likeness (QED) is 0.585. The van der Waals surface area contributed by atoms with E-state index in [1.54, 1.807) is 17.2 Å². The fraction of sp³-hybridized carbons (Fsp3) is 0.200. The lowest BCUT2D eigenvalue weighted by Crippen LogP contribution is -2.24. The lowest BCUT2D eigenvalue weighted by molar-refractivity contribution is 0.0946. The van der Waals surface area contributed by atoms with Crippen molar-refractivity contribution in [2.24, 2.45) is 0 Å². The predicted molar refractivity (Wildman–Crippen MR) is 103 cm³/mol. The van der Waals surface area contributed by atoms with Crippen LogP contribution in [0.3, 0.4) is 0 Å². The highest BCUT2D eigenvalue weighted by atomic mass is 16.1. The highest BCUT2D eigenvalue weighted by Gasteiger charge is 2.17. The van der Waals surface area contributed by atoms with E-state index in [-0.39, 0.29) is 5.91 Å². The molecular weight excluding hydrogens is 340 g/mol. The Kier molecular flexibility index (Phi) is 4.19. The third kappa shape index (κ3) is 3.08.